The van der Waals surface area contributed by atoms with Crippen LogP contribution in [-0.4, -0.2) is 153 Å². The average molecular weight is 926 g/mol. The van der Waals surface area contributed by atoms with Crippen molar-refractivity contribution < 1.29 is 73.7 Å². The van der Waals surface area contributed by atoms with E-state index in [0.29, 0.717) is 25.2 Å². The molecule has 4 aliphatic carbocycles. The maximum absolute atomic E-state index is 12.9. The summed E-state index contributed by atoms with van der Waals surface area (Å²) in [6.07, 6.45) is -7.70. The molecule has 0 aromatic rings. The molecule has 3 saturated heterocycles. The van der Waals surface area contributed by atoms with Crippen molar-refractivity contribution in [1.29, 1.82) is 0 Å². The third kappa shape index (κ3) is 8.92. The molecule has 7 rings (SSSR count). The summed E-state index contributed by atoms with van der Waals surface area (Å²) in [7, 11) is 0. The maximum Gasteiger partial charge on any atom is 0.303 e. The van der Waals surface area contributed by atoms with Crippen molar-refractivity contribution >= 4 is 5.97 Å². The summed E-state index contributed by atoms with van der Waals surface area (Å²) >= 11 is 0. The number of fused-ring (bicyclic) bond motifs is 5. The fraction of sp³-hybridized carbons (Fsp3) is 0.938. The first kappa shape index (κ1) is 51.1. The number of hydrogen-bond acceptors (Lipinski definition) is 17. The van der Waals surface area contributed by atoms with Gasteiger partial charge >= 0.3 is 5.97 Å². The second-order valence-electron chi connectivity index (χ2n) is 22.7. The first-order valence-electron chi connectivity index (χ1n) is 24.1. The van der Waals surface area contributed by atoms with Crippen LogP contribution in [0.25, 0.3) is 0 Å². The van der Waals surface area contributed by atoms with E-state index in [0.717, 1.165) is 51.0 Å². The first-order valence-corrected chi connectivity index (χ1v) is 24.1. The molecule has 0 spiro atoms. The monoisotopic (exact) mass is 926 g/mol. The van der Waals surface area contributed by atoms with Gasteiger partial charge in [-0.05, 0) is 125 Å². The molecule has 0 aromatic carbocycles. The summed E-state index contributed by atoms with van der Waals surface area (Å²) in [5.74, 6) is -0.454. The van der Waals surface area contributed by atoms with E-state index in [1.807, 2.05) is 20.8 Å². The largest absolute Gasteiger partial charge is 0.457 e. The number of hydrogen-bond donors (Lipinski definition) is 7. The number of ether oxygens (including phenoxy) is 7. The molecule has 4 saturated carbocycles. The lowest BCUT2D eigenvalue weighted by molar-refractivity contribution is -0.339. The molecular formula is C48H79NO16. The molecule has 7 N–H and O–H groups in total. The third-order valence-electron chi connectivity index (χ3n) is 18.3. The lowest BCUT2D eigenvalue weighted by atomic mass is 9.35. The summed E-state index contributed by atoms with van der Waals surface area (Å²) in [5.41, 5.74) is -0.752. The molecule has 3 aliphatic heterocycles. The zero-order valence-electron chi connectivity index (χ0n) is 40.1. The minimum atomic E-state index is -1.65. The lowest BCUT2D eigenvalue weighted by Gasteiger charge is -2.70. The van der Waals surface area contributed by atoms with Gasteiger partial charge in [-0.25, -0.2) is 0 Å². The molecular weight excluding hydrogens is 847 g/mol. The Hall–Kier alpha value is -1.71. The second-order valence-corrected chi connectivity index (χ2v) is 22.7. The SMILES string of the molecule is CC(=O)OC1C(O)COC(OC2C(O)C(C)OC(OC(C)(CCC=C(C)C)C3C(O)CC4(C)C3CCC3C5(C)CCC(OC6OCC(O)C(O)C6O)C(C)(C)C5CCC34C)C2N=O)C1O. The Morgan fingerprint density at radius 2 is 1.42 bits per heavy atom. The molecule has 7 aliphatic rings. The van der Waals surface area contributed by atoms with Gasteiger partial charge in [0.05, 0.1) is 37.1 Å². The van der Waals surface area contributed by atoms with E-state index in [9.17, 15) is 45.4 Å². The Kier molecular flexibility index (Phi) is 14.9. The Bertz CT molecular complexity index is 1730. The van der Waals surface area contributed by atoms with E-state index in [-0.39, 0.29) is 58.7 Å². The predicted octanol–water partition coefficient (Wildman–Crippen LogP) is 3.62. The van der Waals surface area contributed by atoms with Gasteiger partial charge in [0.1, 0.15) is 42.7 Å². The standard InChI is InChI=1S/C48H79NO16/c1-23(2)12-11-17-48(10,65-41-34(49-58)40(35(54)24(3)61-41)64-43-38(57)39(62-25(4)50)29(53)22-60-43)33-26-13-14-31-45(7)18-16-32(63-42-37(56)36(55)28(52)21-59-42)44(5,6)30(45)15-19-46(31,8)47(26,9)20-27(33)51/h12,24,26-43,51-57H,11,13-22H2,1-10H3. The van der Waals surface area contributed by atoms with Crippen molar-refractivity contribution in [1.82, 2.24) is 0 Å². The van der Waals surface area contributed by atoms with E-state index < -0.39 is 97.5 Å². The summed E-state index contributed by atoms with van der Waals surface area (Å²) in [5, 5.41) is 80.1. The van der Waals surface area contributed by atoms with Crippen LogP contribution in [0.4, 0.5) is 0 Å². The molecule has 372 valence electrons. The summed E-state index contributed by atoms with van der Waals surface area (Å²) < 4.78 is 42.4. The molecule has 3 heterocycles. The predicted molar refractivity (Wildman–Crippen MR) is 233 cm³/mol. The van der Waals surface area contributed by atoms with Crippen LogP contribution in [0.5, 0.6) is 0 Å². The van der Waals surface area contributed by atoms with Crippen LogP contribution in [0.3, 0.4) is 0 Å². The zero-order valence-corrected chi connectivity index (χ0v) is 40.1. The number of nitrogens with zero attached hydrogens (tertiary/aromatic N) is 1. The van der Waals surface area contributed by atoms with Crippen molar-refractivity contribution in [2.75, 3.05) is 13.2 Å². The molecule has 7 fully saturated rings. The summed E-state index contributed by atoms with van der Waals surface area (Å²) in [6.45, 7) is 20.1. The normalized spacial score (nSPS) is 50.5. The fourth-order valence-corrected chi connectivity index (χ4v) is 14.8. The van der Waals surface area contributed by atoms with Crippen LogP contribution < -0.4 is 0 Å². The van der Waals surface area contributed by atoms with Crippen LogP contribution in [-0.2, 0) is 38.0 Å². The van der Waals surface area contributed by atoms with Crippen LogP contribution in [0.1, 0.15) is 127 Å². The van der Waals surface area contributed by atoms with Gasteiger partial charge in [-0.2, -0.15) is 4.91 Å². The molecule has 23 atom stereocenters. The van der Waals surface area contributed by atoms with Gasteiger partial charge < -0.3 is 68.9 Å². The molecule has 17 nitrogen and oxygen atoms in total. The number of carbonyl (C=O) groups excluding carboxylic acids is 1. The molecule has 17 heteroatoms. The smallest absolute Gasteiger partial charge is 0.303 e. The highest BCUT2D eigenvalue weighted by atomic mass is 16.7. The quantitative estimate of drug-likeness (QED) is 0.0639. The van der Waals surface area contributed by atoms with Gasteiger partial charge in [0.15, 0.2) is 31.0 Å². The van der Waals surface area contributed by atoms with E-state index in [4.69, 9.17) is 33.2 Å². The van der Waals surface area contributed by atoms with Gasteiger partial charge in [0.25, 0.3) is 0 Å². The van der Waals surface area contributed by atoms with Gasteiger partial charge in [-0.15, -0.1) is 0 Å². The van der Waals surface area contributed by atoms with Crippen LogP contribution in [0.15, 0.2) is 16.8 Å². The first-order chi connectivity index (χ1) is 30.3. The van der Waals surface area contributed by atoms with Gasteiger partial charge in [0, 0.05) is 12.8 Å². The molecule has 0 radical (unpaired) electrons. The number of rotatable bonds is 12. The number of esters is 1. The summed E-state index contributed by atoms with van der Waals surface area (Å²) in [4.78, 5) is 24.7. The minimum absolute atomic E-state index is 0.0340. The van der Waals surface area contributed by atoms with Gasteiger partial charge in [-0.3, -0.25) is 4.79 Å². The number of aliphatic hydroxyl groups is 7. The van der Waals surface area contributed by atoms with Crippen molar-refractivity contribution in [3.8, 4) is 0 Å². The van der Waals surface area contributed by atoms with Crippen molar-refractivity contribution in [2.45, 2.75) is 225 Å². The molecule has 23 unspecified atom stereocenters. The van der Waals surface area contributed by atoms with Crippen molar-refractivity contribution in [3.63, 3.8) is 0 Å². The third-order valence-corrected chi connectivity index (χ3v) is 18.3. The molecule has 0 amide bonds. The second kappa shape index (κ2) is 18.9. The lowest BCUT2D eigenvalue weighted by Crippen LogP contribution is -2.65. The number of nitroso groups, excluding NO2 is 1. The number of allylic oxidation sites excluding steroid dienone is 2. The Morgan fingerprint density at radius 3 is 2.06 bits per heavy atom. The van der Waals surface area contributed by atoms with Crippen LogP contribution >= 0.6 is 0 Å². The Balaban J connectivity index is 1.14. The molecule has 0 aromatic heterocycles. The van der Waals surface area contributed by atoms with Crippen LogP contribution in [0, 0.1) is 50.2 Å². The Morgan fingerprint density at radius 1 is 0.754 bits per heavy atom. The minimum Gasteiger partial charge on any atom is -0.457 e. The van der Waals surface area contributed by atoms with Crippen LogP contribution in [0.2, 0.25) is 0 Å². The van der Waals surface area contributed by atoms with Gasteiger partial charge in [-0.1, -0.05) is 51.4 Å². The highest BCUT2D eigenvalue weighted by Gasteiger charge is 2.72. The maximum atomic E-state index is 12.9. The highest BCUT2D eigenvalue weighted by Crippen LogP contribution is 2.76. The molecule has 65 heavy (non-hydrogen) atoms. The van der Waals surface area contributed by atoms with E-state index in [1.165, 1.54) is 0 Å². The molecule has 0 bridgehead atoms. The van der Waals surface area contributed by atoms with E-state index >= 15 is 0 Å². The highest BCUT2D eigenvalue weighted by molar-refractivity contribution is 5.66. The van der Waals surface area contributed by atoms with E-state index in [1.54, 1.807) is 6.92 Å². The fourth-order valence-electron chi connectivity index (χ4n) is 14.8. The Labute approximate surface area is 383 Å². The van der Waals surface area contributed by atoms with E-state index in [2.05, 4.69) is 45.9 Å². The van der Waals surface area contributed by atoms with Crippen molar-refractivity contribution in [3.05, 3.63) is 16.6 Å². The van der Waals surface area contributed by atoms with Crippen molar-refractivity contribution in [2.24, 2.45) is 50.5 Å². The number of aliphatic hydroxyl groups excluding tert-OH is 7. The van der Waals surface area contributed by atoms with Gasteiger partial charge in [0.2, 0.25) is 0 Å². The average Bonchev–Trinajstić information content (AvgIpc) is 3.51. The zero-order chi connectivity index (χ0) is 47.8. The summed E-state index contributed by atoms with van der Waals surface area (Å²) in [6, 6.07) is -1.45. The topological polar surface area (TPSA) is 253 Å². The number of carbonyl (C=O) groups is 1.